The Labute approximate surface area is 184 Å². The summed E-state index contributed by atoms with van der Waals surface area (Å²) >= 11 is 0. The minimum atomic E-state index is -0.362. The average Bonchev–Trinajstić information content (AvgIpc) is 3.14. The molecule has 31 heavy (non-hydrogen) atoms. The minimum absolute atomic E-state index is 0.362. The van der Waals surface area contributed by atoms with E-state index in [2.05, 4.69) is 52.8 Å². The Balaban J connectivity index is 1.35. The highest BCUT2D eigenvalue weighted by molar-refractivity contribution is 5.87. The molecule has 0 saturated carbocycles. The van der Waals surface area contributed by atoms with Crippen molar-refractivity contribution >= 4 is 22.6 Å². The highest BCUT2D eigenvalue weighted by atomic mass is 16.6. The number of carbonyl (C=O) groups is 1. The lowest BCUT2D eigenvalue weighted by Gasteiger charge is -2.24. The Kier molecular flexibility index (Phi) is 6.73. The molecule has 1 aliphatic heterocycles. The Morgan fingerprint density at radius 2 is 1.84 bits per heavy atom. The first-order valence-electron chi connectivity index (χ1n) is 11.1. The maximum atomic E-state index is 12.1. The van der Waals surface area contributed by atoms with Gasteiger partial charge >= 0.3 is 6.09 Å². The van der Waals surface area contributed by atoms with Gasteiger partial charge in [-0.2, -0.15) is 0 Å². The number of carbonyl (C=O) groups excluding carboxylic acids is 1. The van der Waals surface area contributed by atoms with E-state index in [-0.39, 0.29) is 6.09 Å². The number of unbranched alkanes of at least 4 members (excludes halogenated alkanes) is 1. The molecule has 0 saturated heterocycles. The second kappa shape index (κ2) is 9.84. The van der Waals surface area contributed by atoms with Gasteiger partial charge in [0, 0.05) is 43.1 Å². The van der Waals surface area contributed by atoms with Gasteiger partial charge in [-0.1, -0.05) is 61.0 Å². The first kappa shape index (κ1) is 21.2. The van der Waals surface area contributed by atoms with Gasteiger partial charge in [0.1, 0.15) is 0 Å². The van der Waals surface area contributed by atoms with Crippen molar-refractivity contribution in [3.05, 3.63) is 71.8 Å². The van der Waals surface area contributed by atoms with Crippen LogP contribution in [0.15, 0.2) is 60.7 Å². The summed E-state index contributed by atoms with van der Waals surface area (Å²) in [5, 5.41) is 4.77. The lowest BCUT2D eigenvalue weighted by atomic mass is 9.92. The van der Waals surface area contributed by atoms with E-state index in [9.17, 15) is 4.79 Å². The lowest BCUT2D eigenvalue weighted by Crippen LogP contribution is -2.32. The fourth-order valence-corrected chi connectivity index (χ4v) is 4.24. The van der Waals surface area contributed by atoms with Crippen molar-refractivity contribution in [2.45, 2.75) is 38.1 Å². The third kappa shape index (κ3) is 5.17. The molecule has 0 fully saturated rings. The van der Waals surface area contributed by atoms with E-state index in [1.54, 1.807) is 14.1 Å². The molecule has 1 atom stereocenters. The molecule has 5 nitrogen and oxygen atoms in total. The second-order valence-electron chi connectivity index (χ2n) is 8.39. The molecule has 0 spiro atoms. The van der Waals surface area contributed by atoms with Crippen LogP contribution in [-0.4, -0.2) is 42.7 Å². The zero-order chi connectivity index (χ0) is 21.6. The van der Waals surface area contributed by atoms with Gasteiger partial charge in [0.2, 0.25) is 5.88 Å². The first-order valence-corrected chi connectivity index (χ1v) is 11.1. The molecule has 1 aliphatic rings. The van der Waals surface area contributed by atoms with E-state index in [0.717, 1.165) is 55.1 Å². The molecule has 2 aromatic carbocycles. The largest absolute Gasteiger partial charge is 0.415 e. The van der Waals surface area contributed by atoms with E-state index in [1.807, 2.05) is 18.2 Å². The fraction of sp³-hybridized carbons (Fsp3) is 0.346. The van der Waals surface area contributed by atoms with Gasteiger partial charge in [0.15, 0.2) is 0 Å². The number of benzene rings is 2. The summed E-state index contributed by atoms with van der Waals surface area (Å²) in [5.41, 5.74) is 4.87. The SMILES string of the molecule is CN(C)C(=O)Oc1[nH]c2ccccc2c1CCCCC1CC(c2ccccc2)=CCN1. The number of nitrogens with one attached hydrogen (secondary N) is 2. The molecular weight excluding hydrogens is 386 g/mol. The van der Waals surface area contributed by atoms with Gasteiger partial charge in [-0.05, 0) is 42.9 Å². The molecule has 0 bridgehead atoms. The Hall–Kier alpha value is -3.05. The Morgan fingerprint density at radius 1 is 1.06 bits per heavy atom. The highest BCUT2D eigenvalue weighted by Crippen LogP contribution is 2.30. The third-order valence-electron chi connectivity index (χ3n) is 5.92. The van der Waals surface area contributed by atoms with Gasteiger partial charge in [-0.15, -0.1) is 0 Å². The van der Waals surface area contributed by atoms with Crippen LogP contribution >= 0.6 is 0 Å². The van der Waals surface area contributed by atoms with Gasteiger partial charge < -0.3 is 19.9 Å². The number of amides is 1. The van der Waals surface area contributed by atoms with Gasteiger partial charge in [0.05, 0.1) is 0 Å². The van der Waals surface area contributed by atoms with Crippen molar-refractivity contribution in [1.82, 2.24) is 15.2 Å². The van der Waals surface area contributed by atoms with Crippen molar-refractivity contribution in [3.63, 3.8) is 0 Å². The summed E-state index contributed by atoms with van der Waals surface area (Å²) in [5.74, 6) is 0.574. The smallest absolute Gasteiger partial charge is 0.393 e. The summed E-state index contributed by atoms with van der Waals surface area (Å²) in [6.07, 6.45) is 7.22. The number of aromatic amines is 1. The van der Waals surface area contributed by atoms with Crippen LogP contribution in [0.1, 0.15) is 36.8 Å². The molecule has 4 rings (SSSR count). The van der Waals surface area contributed by atoms with Crippen LogP contribution in [-0.2, 0) is 6.42 Å². The molecule has 2 N–H and O–H groups in total. The number of ether oxygens (including phenoxy) is 1. The number of nitrogens with zero attached hydrogens (tertiary/aromatic N) is 1. The van der Waals surface area contributed by atoms with Crippen molar-refractivity contribution in [2.75, 3.05) is 20.6 Å². The first-order chi connectivity index (χ1) is 15.1. The maximum Gasteiger partial charge on any atom is 0.415 e. The zero-order valence-corrected chi connectivity index (χ0v) is 18.4. The molecule has 0 radical (unpaired) electrons. The molecular formula is C26H31N3O2. The fourth-order valence-electron chi connectivity index (χ4n) is 4.24. The molecule has 0 aliphatic carbocycles. The van der Waals surface area contributed by atoms with E-state index in [1.165, 1.54) is 16.0 Å². The Bertz CT molecular complexity index is 1050. The van der Waals surface area contributed by atoms with E-state index < -0.39 is 0 Å². The second-order valence-corrected chi connectivity index (χ2v) is 8.39. The van der Waals surface area contributed by atoms with Crippen LogP contribution in [0.3, 0.4) is 0 Å². The topological polar surface area (TPSA) is 57.4 Å². The highest BCUT2D eigenvalue weighted by Gasteiger charge is 2.18. The van der Waals surface area contributed by atoms with Gasteiger partial charge in [-0.25, -0.2) is 4.79 Å². The van der Waals surface area contributed by atoms with Crippen LogP contribution < -0.4 is 10.1 Å². The third-order valence-corrected chi connectivity index (χ3v) is 5.92. The summed E-state index contributed by atoms with van der Waals surface area (Å²) in [4.78, 5) is 16.8. The van der Waals surface area contributed by atoms with E-state index in [0.29, 0.717) is 11.9 Å². The van der Waals surface area contributed by atoms with E-state index in [4.69, 9.17) is 4.74 Å². The maximum absolute atomic E-state index is 12.1. The van der Waals surface area contributed by atoms with Crippen molar-refractivity contribution in [1.29, 1.82) is 0 Å². The number of H-pyrrole nitrogens is 1. The number of para-hydroxylation sites is 1. The van der Waals surface area contributed by atoms with Crippen LogP contribution in [0.2, 0.25) is 0 Å². The summed E-state index contributed by atoms with van der Waals surface area (Å²) in [7, 11) is 3.39. The van der Waals surface area contributed by atoms with Crippen LogP contribution in [0.25, 0.3) is 16.5 Å². The number of rotatable bonds is 7. The van der Waals surface area contributed by atoms with Crippen LogP contribution in [0, 0.1) is 0 Å². The molecule has 1 amide bonds. The van der Waals surface area contributed by atoms with Crippen molar-refractivity contribution < 1.29 is 9.53 Å². The molecule has 1 aromatic heterocycles. The molecule has 2 heterocycles. The predicted octanol–water partition coefficient (Wildman–Crippen LogP) is 5.39. The molecule has 1 unspecified atom stereocenters. The minimum Gasteiger partial charge on any atom is -0.393 e. The monoisotopic (exact) mass is 417 g/mol. The molecule has 162 valence electrons. The average molecular weight is 418 g/mol. The summed E-state index contributed by atoms with van der Waals surface area (Å²) in [6.45, 7) is 0.933. The molecule has 3 aromatic rings. The van der Waals surface area contributed by atoms with Gasteiger partial charge in [-0.3, -0.25) is 0 Å². The number of aryl methyl sites for hydroxylation is 1. The zero-order valence-electron chi connectivity index (χ0n) is 18.4. The number of hydrogen-bond acceptors (Lipinski definition) is 3. The van der Waals surface area contributed by atoms with Crippen LogP contribution in [0.5, 0.6) is 5.88 Å². The lowest BCUT2D eigenvalue weighted by molar-refractivity contribution is 0.170. The quantitative estimate of drug-likeness (QED) is 0.507. The summed E-state index contributed by atoms with van der Waals surface area (Å²) < 4.78 is 5.61. The van der Waals surface area contributed by atoms with Gasteiger partial charge in [0.25, 0.3) is 0 Å². The standard InChI is InChI=1S/C26H31N3O2/c1-29(2)26(30)31-25-23(22-13-8-9-15-24(22)28-25)14-7-6-12-21-18-20(16-17-27-21)19-10-4-3-5-11-19/h3-5,8-11,13,15-16,21,27-28H,6-7,12,14,17-18H2,1-2H3. The van der Waals surface area contributed by atoms with Crippen molar-refractivity contribution in [3.8, 4) is 5.88 Å². The Morgan fingerprint density at radius 3 is 2.65 bits per heavy atom. The number of aromatic nitrogens is 1. The predicted molar refractivity (Wildman–Crippen MR) is 126 cm³/mol. The summed E-state index contributed by atoms with van der Waals surface area (Å²) in [6, 6.07) is 19.3. The molecule has 5 heteroatoms. The van der Waals surface area contributed by atoms with Crippen LogP contribution in [0.4, 0.5) is 4.79 Å². The van der Waals surface area contributed by atoms with E-state index >= 15 is 0 Å². The van der Waals surface area contributed by atoms with Crippen molar-refractivity contribution in [2.24, 2.45) is 0 Å². The normalized spacial score (nSPS) is 16.2. The number of fused-ring (bicyclic) bond motifs is 1. The number of hydrogen-bond donors (Lipinski definition) is 2.